The van der Waals surface area contributed by atoms with Crippen LogP contribution in [0.2, 0.25) is 0 Å². The lowest BCUT2D eigenvalue weighted by atomic mass is 10.1. The van der Waals surface area contributed by atoms with Crippen LogP contribution in [0.1, 0.15) is 41.0 Å². The van der Waals surface area contributed by atoms with Gasteiger partial charge < -0.3 is 5.73 Å². The van der Waals surface area contributed by atoms with Gasteiger partial charge in [0.15, 0.2) is 5.72 Å². The van der Waals surface area contributed by atoms with Gasteiger partial charge in [0.2, 0.25) is 0 Å². The molecule has 0 aromatic carbocycles. The first-order valence-corrected chi connectivity index (χ1v) is 7.21. The Kier molecular flexibility index (Phi) is 3.05. The predicted molar refractivity (Wildman–Crippen MR) is 71.7 cm³/mol. The molecular formula is C12H15N3O4S. The first-order valence-electron chi connectivity index (χ1n) is 6.33. The van der Waals surface area contributed by atoms with E-state index in [1.54, 1.807) is 12.3 Å². The fraction of sp³-hybridized carbons (Fsp3) is 0.500. The molecule has 2 N–H and O–H groups in total. The zero-order valence-electron chi connectivity index (χ0n) is 11.2. The highest BCUT2D eigenvalue weighted by atomic mass is 32.1. The van der Waals surface area contributed by atoms with Gasteiger partial charge in [0.05, 0.1) is 22.7 Å². The number of rotatable bonds is 2. The molecule has 7 nitrogen and oxygen atoms in total. The number of carbonyl (C=O) groups is 2. The number of thiophene rings is 1. The highest BCUT2D eigenvalue weighted by Crippen LogP contribution is 2.39. The standard InChI is InChI=1S/C12H15N3O4S/c1-3-14-18-5-4-12(2,19-14)15-10(16)7-6-20-9(13)8(7)11(15)17/h6H,3-5,13H2,1-2H3/t12-/m1/s1. The fourth-order valence-electron chi connectivity index (χ4n) is 2.44. The molecule has 3 heterocycles. The largest absolute Gasteiger partial charge is 0.390 e. The van der Waals surface area contributed by atoms with Gasteiger partial charge in [-0.15, -0.1) is 11.3 Å². The van der Waals surface area contributed by atoms with Crippen molar-refractivity contribution in [2.75, 3.05) is 18.9 Å². The van der Waals surface area contributed by atoms with E-state index in [0.29, 0.717) is 35.7 Å². The van der Waals surface area contributed by atoms with E-state index in [2.05, 4.69) is 0 Å². The maximum atomic E-state index is 12.5. The second kappa shape index (κ2) is 4.52. The molecule has 2 amide bonds. The lowest BCUT2D eigenvalue weighted by Crippen LogP contribution is -2.57. The first kappa shape index (κ1) is 13.5. The Bertz CT molecular complexity index is 587. The molecule has 0 spiro atoms. The van der Waals surface area contributed by atoms with Crippen molar-refractivity contribution in [3.63, 3.8) is 0 Å². The van der Waals surface area contributed by atoms with Gasteiger partial charge >= 0.3 is 0 Å². The van der Waals surface area contributed by atoms with Crippen molar-refractivity contribution in [2.24, 2.45) is 0 Å². The zero-order valence-corrected chi connectivity index (χ0v) is 12.0. The molecular weight excluding hydrogens is 282 g/mol. The van der Waals surface area contributed by atoms with Gasteiger partial charge in [0.25, 0.3) is 11.8 Å². The molecule has 8 heteroatoms. The first-order chi connectivity index (χ1) is 9.48. The van der Waals surface area contributed by atoms with E-state index in [1.165, 1.54) is 16.6 Å². The number of nitrogen functional groups attached to an aromatic ring is 1. The van der Waals surface area contributed by atoms with Crippen molar-refractivity contribution in [1.29, 1.82) is 0 Å². The quantitative estimate of drug-likeness (QED) is 0.826. The number of nitrogens with zero attached hydrogens (tertiary/aromatic N) is 2. The molecule has 2 aliphatic heterocycles. The number of nitrogens with two attached hydrogens (primary N) is 1. The molecule has 1 aromatic heterocycles. The Hall–Kier alpha value is -1.48. The lowest BCUT2D eigenvalue weighted by molar-refractivity contribution is -0.449. The van der Waals surface area contributed by atoms with Gasteiger partial charge in [-0.2, -0.15) is 0 Å². The number of hydroxylamine groups is 2. The molecule has 20 heavy (non-hydrogen) atoms. The Morgan fingerprint density at radius 2 is 2.20 bits per heavy atom. The van der Waals surface area contributed by atoms with Crippen LogP contribution in [0.25, 0.3) is 0 Å². The molecule has 1 fully saturated rings. The summed E-state index contributed by atoms with van der Waals surface area (Å²) in [4.78, 5) is 37.0. The maximum Gasteiger partial charge on any atom is 0.266 e. The van der Waals surface area contributed by atoms with Gasteiger partial charge in [-0.05, 0) is 13.8 Å². The summed E-state index contributed by atoms with van der Waals surface area (Å²) in [5.74, 6) is -0.761. The second-order valence-electron chi connectivity index (χ2n) is 4.83. The van der Waals surface area contributed by atoms with Crippen molar-refractivity contribution >= 4 is 28.2 Å². The van der Waals surface area contributed by atoms with E-state index in [-0.39, 0.29) is 5.91 Å². The molecule has 1 aromatic rings. The summed E-state index contributed by atoms with van der Waals surface area (Å²) in [6, 6.07) is 0. The van der Waals surface area contributed by atoms with Crippen LogP contribution in [0, 0.1) is 0 Å². The number of carbonyl (C=O) groups excluding carboxylic acids is 2. The molecule has 0 bridgehead atoms. The maximum absolute atomic E-state index is 12.5. The highest BCUT2D eigenvalue weighted by molar-refractivity contribution is 7.14. The van der Waals surface area contributed by atoms with Gasteiger partial charge in [-0.3, -0.25) is 14.4 Å². The molecule has 108 valence electrons. The number of imide groups is 1. The summed E-state index contributed by atoms with van der Waals surface area (Å²) in [5, 5.41) is 3.27. The van der Waals surface area contributed by atoms with Crippen LogP contribution in [0.5, 0.6) is 0 Å². The van der Waals surface area contributed by atoms with Crippen LogP contribution in [0.15, 0.2) is 5.38 Å². The van der Waals surface area contributed by atoms with Crippen LogP contribution in [-0.2, 0) is 9.68 Å². The Labute approximate surface area is 119 Å². The van der Waals surface area contributed by atoms with Crippen molar-refractivity contribution in [3.8, 4) is 0 Å². The molecule has 1 saturated heterocycles. The molecule has 0 radical (unpaired) electrons. The van der Waals surface area contributed by atoms with E-state index in [0.717, 1.165) is 4.90 Å². The van der Waals surface area contributed by atoms with E-state index in [4.69, 9.17) is 15.4 Å². The summed E-state index contributed by atoms with van der Waals surface area (Å²) < 4.78 is 0. The molecule has 0 unspecified atom stereocenters. The summed E-state index contributed by atoms with van der Waals surface area (Å²) in [6.07, 6.45) is 0.411. The Morgan fingerprint density at radius 3 is 2.85 bits per heavy atom. The zero-order chi connectivity index (χ0) is 14.5. The number of anilines is 1. The van der Waals surface area contributed by atoms with Crippen molar-refractivity contribution in [2.45, 2.75) is 26.0 Å². The summed E-state index contributed by atoms with van der Waals surface area (Å²) in [7, 11) is 0. The van der Waals surface area contributed by atoms with Crippen LogP contribution >= 0.6 is 11.3 Å². The monoisotopic (exact) mass is 297 g/mol. The number of amides is 2. The third-order valence-corrected chi connectivity index (χ3v) is 4.31. The van der Waals surface area contributed by atoms with Gasteiger partial charge in [0, 0.05) is 18.3 Å². The smallest absolute Gasteiger partial charge is 0.266 e. The van der Waals surface area contributed by atoms with E-state index < -0.39 is 11.6 Å². The summed E-state index contributed by atoms with van der Waals surface area (Å²) in [6.45, 7) is 4.44. The summed E-state index contributed by atoms with van der Waals surface area (Å²) >= 11 is 1.20. The number of hydrogen-bond acceptors (Lipinski definition) is 7. The van der Waals surface area contributed by atoms with Crippen LogP contribution in [0.3, 0.4) is 0 Å². The molecule has 0 aliphatic carbocycles. The van der Waals surface area contributed by atoms with Crippen LogP contribution in [-0.4, -0.2) is 40.8 Å². The predicted octanol–water partition coefficient (Wildman–Crippen LogP) is 1.23. The van der Waals surface area contributed by atoms with Crippen LogP contribution < -0.4 is 5.73 Å². The van der Waals surface area contributed by atoms with Gasteiger partial charge in [-0.25, -0.2) is 9.74 Å². The topological polar surface area (TPSA) is 85.1 Å². The normalized spacial score (nSPS) is 27.2. The van der Waals surface area contributed by atoms with Crippen molar-refractivity contribution in [1.82, 2.24) is 10.1 Å². The number of fused-ring (bicyclic) bond motifs is 1. The average Bonchev–Trinajstić information content (AvgIpc) is 2.91. The highest BCUT2D eigenvalue weighted by Gasteiger charge is 2.51. The van der Waals surface area contributed by atoms with E-state index in [1.807, 2.05) is 6.92 Å². The fourth-order valence-corrected chi connectivity index (χ4v) is 3.22. The van der Waals surface area contributed by atoms with Gasteiger partial charge in [-0.1, -0.05) is 5.23 Å². The SMILES string of the molecule is CCN1OCC[C@](C)(N2C(=O)c3csc(N)c3C2=O)O1. The third-order valence-electron chi connectivity index (χ3n) is 3.50. The molecule has 0 saturated carbocycles. The lowest BCUT2D eigenvalue weighted by Gasteiger charge is -2.42. The van der Waals surface area contributed by atoms with Gasteiger partial charge in [0.1, 0.15) is 0 Å². The summed E-state index contributed by atoms with van der Waals surface area (Å²) in [5.41, 5.74) is 5.38. The minimum Gasteiger partial charge on any atom is -0.390 e. The molecule has 3 rings (SSSR count). The second-order valence-corrected chi connectivity index (χ2v) is 5.74. The van der Waals surface area contributed by atoms with E-state index in [9.17, 15) is 9.59 Å². The molecule has 2 aliphatic rings. The van der Waals surface area contributed by atoms with Crippen molar-refractivity contribution < 1.29 is 19.3 Å². The number of hydrogen-bond donors (Lipinski definition) is 1. The Balaban J connectivity index is 1.96. The minimum absolute atomic E-state index is 0.291. The van der Waals surface area contributed by atoms with Crippen molar-refractivity contribution in [3.05, 3.63) is 16.5 Å². The third kappa shape index (κ3) is 1.76. The minimum atomic E-state index is -1.05. The van der Waals surface area contributed by atoms with Crippen LogP contribution in [0.4, 0.5) is 5.00 Å². The average molecular weight is 297 g/mol. The van der Waals surface area contributed by atoms with E-state index >= 15 is 0 Å². The Morgan fingerprint density at radius 1 is 1.45 bits per heavy atom. The molecule has 1 atom stereocenters.